The first kappa shape index (κ1) is 19.4. The molecule has 0 saturated carbocycles. The second kappa shape index (κ2) is 7.32. The predicted molar refractivity (Wildman–Crippen MR) is 87.6 cm³/mol. The number of benzene rings is 1. The van der Waals surface area contributed by atoms with Crippen molar-refractivity contribution in [2.45, 2.75) is 19.0 Å². The van der Waals surface area contributed by atoms with Gasteiger partial charge in [-0.3, -0.25) is 14.5 Å². The summed E-state index contributed by atoms with van der Waals surface area (Å²) in [5.41, 5.74) is 1.07. The van der Waals surface area contributed by atoms with E-state index in [1.165, 1.54) is 12.1 Å². The van der Waals surface area contributed by atoms with E-state index in [-0.39, 0.29) is 35.8 Å². The highest BCUT2D eigenvalue weighted by atomic mass is 35.5. The minimum atomic E-state index is -5.09. The number of imide groups is 1. The van der Waals surface area contributed by atoms with Crippen molar-refractivity contribution in [3.63, 3.8) is 0 Å². The quantitative estimate of drug-likeness (QED) is 0.727. The van der Waals surface area contributed by atoms with Gasteiger partial charge < -0.3 is 4.84 Å². The lowest BCUT2D eigenvalue weighted by atomic mass is 10.1. The molecule has 6 nitrogen and oxygen atoms in total. The maximum atomic E-state index is 12.4. The molecule has 0 unspecified atom stereocenters. The van der Waals surface area contributed by atoms with Gasteiger partial charge in [-0.05, 0) is 30.5 Å². The zero-order chi connectivity index (χ0) is 19.8. The Morgan fingerprint density at radius 1 is 1.15 bits per heavy atom. The summed E-state index contributed by atoms with van der Waals surface area (Å²) in [6.45, 7) is -0.184. The number of piperidine rings is 1. The molecule has 0 aliphatic carbocycles. The Kier molecular flexibility index (Phi) is 5.25. The zero-order valence-corrected chi connectivity index (χ0v) is 14.6. The van der Waals surface area contributed by atoms with Crippen molar-refractivity contribution in [2.75, 3.05) is 19.6 Å². The summed E-state index contributed by atoms with van der Waals surface area (Å²) >= 11 is 6.25. The fourth-order valence-electron chi connectivity index (χ4n) is 2.94. The summed E-state index contributed by atoms with van der Waals surface area (Å²) in [5.74, 6) is -3.27. The van der Waals surface area contributed by atoms with Crippen molar-refractivity contribution in [1.82, 2.24) is 9.96 Å². The normalized spacial score (nSPS) is 19.9. The number of carbonyl (C=O) groups is 3. The minimum absolute atomic E-state index is 0.121. The van der Waals surface area contributed by atoms with Crippen molar-refractivity contribution in [3.05, 3.63) is 46.0 Å². The molecule has 2 heterocycles. The number of halogens is 4. The number of rotatable bonds is 3. The van der Waals surface area contributed by atoms with Crippen LogP contribution in [0.2, 0.25) is 0 Å². The van der Waals surface area contributed by atoms with Gasteiger partial charge >= 0.3 is 12.1 Å². The van der Waals surface area contributed by atoms with Gasteiger partial charge in [0.15, 0.2) is 0 Å². The fourth-order valence-corrected chi connectivity index (χ4v) is 3.22. The highest BCUT2D eigenvalue weighted by Gasteiger charge is 2.43. The van der Waals surface area contributed by atoms with E-state index in [1.54, 1.807) is 12.1 Å². The second-order valence-corrected chi connectivity index (χ2v) is 6.55. The lowest BCUT2D eigenvalue weighted by Crippen LogP contribution is -2.39. The number of fused-ring (bicyclic) bond motifs is 1. The summed E-state index contributed by atoms with van der Waals surface area (Å²) < 4.78 is 37.0. The van der Waals surface area contributed by atoms with E-state index < -0.39 is 24.0 Å². The van der Waals surface area contributed by atoms with E-state index in [1.807, 2.05) is 0 Å². The Bertz CT molecular complexity index is 803. The Balaban J connectivity index is 1.71. The highest BCUT2D eigenvalue weighted by molar-refractivity contribution is 6.31. The Morgan fingerprint density at radius 2 is 1.74 bits per heavy atom. The van der Waals surface area contributed by atoms with Crippen LogP contribution in [0, 0.1) is 0 Å². The van der Waals surface area contributed by atoms with Gasteiger partial charge in [-0.25, -0.2) is 4.79 Å². The molecular formula is C17H14ClF3N2O4. The molecule has 144 valence electrons. The smallest absolute Gasteiger partial charge is 0.360 e. The molecule has 2 aliphatic heterocycles. The molecule has 0 N–H and O–H groups in total. The van der Waals surface area contributed by atoms with Crippen LogP contribution >= 0.6 is 11.6 Å². The van der Waals surface area contributed by atoms with Crippen LogP contribution in [0.5, 0.6) is 0 Å². The number of amides is 2. The van der Waals surface area contributed by atoms with Crippen molar-refractivity contribution in [1.29, 1.82) is 0 Å². The minimum Gasteiger partial charge on any atom is -0.360 e. The van der Waals surface area contributed by atoms with Gasteiger partial charge in [0.05, 0.1) is 24.2 Å². The molecule has 0 spiro atoms. The van der Waals surface area contributed by atoms with Crippen LogP contribution in [0.4, 0.5) is 13.2 Å². The van der Waals surface area contributed by atoms with Crippen LogP contribution in [0.15, 0.2) is 34.9 Å². The molecule has 1 aromatic rings. The number of hydrogen-bond acceptors (Lipinski definition) is 5. The lowest BCUT2D eigenvalue weighted by Gasteiger charge is -2.28. The van der Waals surface area contributed by atoms with Crippen LogP contribution in [0.1, 0.15) is 33.6 Å². The Labute approximate surface area is 157 Å². The van der Waals surface area contributed by atoms with Crippen molar-refractivity contribution < 1.29 is 32.4 Å². The molecule has 1 fully saturated rings. The molecule has 0 aromatic heterocycles. The van der Waals surface area contributed by atoms with Gasteiger partial charge in [0.2, 0.25) is 0 Å². The van der Waals surface area contributed by atoms with Gasteiger partial charge in [-0.1, -0.05) is 23.7 Å². The molecule has 0 atom stereocenters. The van der Waals surface area contributed by atoms with Gasteiger partial charge in [0.25, 0.3) is 11.8 Å². The van der Waals surface area contributed by atoms with E-state index in [4.69, 9.17) is 11.6 Å². The largest absolute Gasteiger partial charge is 0.492 e. The van der Waals surface area contributed by atoms with Gasteiger partial charge in [0.1, 0.15) is 0 Å². The average Bonchev–Trinajstić information content (AvgIpc) is 2.86. The van der Waals surface area contributed by atoms with E-state index in [9.17, 15) is 27.6 Å². The highest BCUT2D eigenvalue weighted by Crippen LogP contribution is 2.28. The number of hydrogen-bond donors (Lipinski definition) is 0. The maximum absolute atomic E-state index is 12.4. The third-order valence-electron chi connectivity index (χ3n) is 4.26. The first-order chi connectivity index (χ1) is 12.7. The van der Waals surface area contributed by atoms with Crippen LogP contribution in [0.3, 0.4) is 0 Å². The van der Waals surface area contributed by atoms with Crippen LogP contribution in [-0.2, 0) is 9.63 Å². The summed E-state index contributed by atoms with van der Waals surface area (Å²) in [4.78, 5) is 41.0. The Morgan fingerprint density at radius 3 is 2.30 bits per heavy atom. The predicted octanol–water partition coefficient (Wildman–Crippen LogP) is 2.89. The molecule has 10 heteroatoms. The number of carbonyl (C=O) groups excluding carboxylic acids is 3. The zero-order valence-electron chi connectivity index (χ0n) is 13.9. The fraction of sp³-hybridized carbons (Fsp3) is 0.353. The third-order valence-corrected chi connectivity index (χ3v) is 4.64. The molecule has 3 rings (SSSR count). The van der Waals surface area contributed by atoms with Crippen molar-refractivity contribution in [3.8, 4) is 0 Å². The summed E-state index contributed by atoms with van der Waals surface area (Å²) in [6, 6.07) is 6.36. The number of hydroxylamine groups is 2. The Hall–Kier alpha value is -2.39. The monoisotopic (exact) mass is 402 g/mol. The van der Waals surface area contributed by atoms with Crippen molar-refractivity contribution >= 4 is 29.4 Å². The van der Waals surface area contributed by atoms with Crippen LogP contribution < -0.4 is 0 Å². The van der Waals surface area contributed by atoms with Gasteiger partial charge in [-0.2, -0.15) is 13.2 Å². The first-order valence-corrected chi connectivity index (χ1v) is 8.42. The number of alkyl halides is 3. The molecule has 1 saturated heterocycles. The van der Waals surface area contributed by atoms with E-state index in [0.717, 1.165) is 9.96 Å². The third kappa shape index (κ3) is 3.98. The summed E-state index contributed by atoms with van der Waals surface area (Å²) in [5, 5.41) is 1.04. The topological polar surface area (TPSA) is 66.9 Å². The maximum Gasteiger partial charge on any atom is 0.492 e. The van der Waals surface area contributed by atoms with Crippen LogP contribution in [0.25, 0.3) is 0 Å². The molecule has 2 aliphatic rings. The van der Waals surface area contributed by atoms with Gasteiger partial charge in [-0.15, -0.1) is 5.06 Å². The number of nitrogens with zero attached hydrogens (tertiary/aromatic N) is 2. The molecule has 27 heavy (non-hydrogen) atoms. The lowest BCUT2D eigenvalue weighted by molar-refractivity contribution is -0.238. The second-order valence-electron chi connectivity index (χ2n) is 6.09. The summed E-state index contributed by atoms with van der Waals surface area (Å²) in [6.07, 6.45) is -4.22. The molecular weight excluding hydrogens is 389 g/mol. The standard InChI is InChI=1S/C17H14ClF3N2O4/c18-13(9-23-14(24)11-5-1-2-6-12(11)15(23)25)10-4-3-7-22(8-10)27-16(26)17(19,20)21/h1-2,5-6H,3-4,7-9H2/b13-10+. The van der Waals surface area contributed by atoms with E-state index in [0.29, 0.717) is 18.4 Å². The van der Waals surface area contributed by atoms with Crippen LogP contribution in [-0.4, -0.2) is 53.6 Å². The first-order valence-electron chi connectivity index (χ1n) is 8.04. The summed E-state index contributed by atoms with van der Waals surface area (Å²) in [7, 11) is 0. The molecule has 1 aromatic carbocycles. The van der Waals surface area contributed by atoms with Crippen molar-refractivity contribution in [2.24, 2.45) is 0 Å². The molecule has 2 amide bonds. The SMILES string of the molecule is O=C1c2ccccc2C(=O)N1C/C(Cl)=C1/CCCN(OC(=O)C(F)(F)F)C1. The average molecular weight is 403 g/mol. The molecule has 0 bridgehead atoms. The van der Waals surface area contributed by atoms with E-state index >= 15 is 0 Å². The van der Waals surface area contributed by atoms with Gasteiger partial charge in [0, 0.05) is 11.6 Å². The molecule has 0 radical (unpaired) electrons. The van der Waals surface area contributed by atoms with E-state index in [2.05, 4.69) is 4.84 Å².